The summed E-state index contributed by atoms with van der Waals surface area (Å²) in [4.78, 5) is 22.9. The molecule has 144 valence electrons. The predicted octanol–water partition coefficient (Wildman–Crippen LogP) is 0.270. The second-order valence-electron chi connectivity index (χ2n) is 6.14. The van der Waals surface area contributed by atoms with Gasteiger partial charge in [0.2, 0.25) is 0 Å². The van der Waals surface area contributed by atoms with Crippen LogP contribution in [0.5, 0.6) is 0 Å². The van der Waals surface area contributed by atoms with Crippen molar-refractivity contribution in [3.8, 4) is 0 Å². The van der Waals surface area contributed by atoms with Gasteiger partial charge in [0.1, 0.15) is 0 Å². The van der Waals surface area contributed by atoms with E-state index >= 15 is 0 Å². The molecule has 8 heteroatoms. The first-order chi connectivity index (χ1) is 10.2. The maximum absolute atomic E-state index is 8.77. The quantitative estimate of drug-likeness (QED) is 0.280. The molecular weight excluding hydrogens is 356 g/mol. The van der Waals surface area contributed by atoms with E-state index in [0.717, 1.165) is 0 Å². The third-order valence-electron chi connectivity index (χ3n) is 3.94. The zero-order chi connectivity index (χ0) is 17.5. The van der Waals surface area contributed by atoms with Crippen LogP contribution in [0.25, 0.3) is 0 Å². The van der Waals surface area contributed by atoms with Crippen LogP contribution in [0.4, 0.5) is 0 Å². The summed E-state index contributed by atoms with van der Waals surface area (Å²) in [6.45, 7) is 15.0. The number of nitrogens with zero attached hydrogens (tertiary/aromatic N) is 1. The van der Waals surface area contributed by atoms with Gasteiger partial charge in [0.15, 0.2) is 0 Å². The second-order valence-corrected chi connectivity index (χ2v) is 7.12. The molecule has 0 aliphatic rings. The van der Waals surface area contributed by atoms with Crippen LogP contribution in [0.2, 0.25) is 0 Å². The third-order valence-corrected chi connectivity index (χ3v) is 3.94. The first-order valence-electron chi connectivity index (χ1n) is 8.86. The number of hydrogen-bond acceptors (Lipinski definition) is 3. The van der Waals surface area contributed by atoms with Gasteiger partial charge in [0.25, 0.3) is 7.82 Å². The molecule has 0 aromatic rings. The Morgan fingerprint density at radius 1 is 0.750 bits per heavy atom. The largest absolute Gasteiger partial charge is 1.00 e. The first kappa shape index (κ1) is 33.3. The van der Waals surface area contributed by atoms with Gasteiger partial charge in [-0.15, -0.1) is 0 Å². The molecule has 0 heterocycles. The van der Waals surface area contributed by atoms with Gasteiger partial charge in [-0.05, 0) is 25.7 Å². The van der Waals surface area contributed by atoms with Gasteiger partial charge < -0.3 is 24.6 Å². The molecule has 0 radical (unpaired) electrons. The van der Waals surface area contributed by atoms with Gasteiger partial charge in [-0.2, -0.15) is 0 Å². The minimum atomic E-state index is -4.89. The summed E-state index contributed by atoms with van der Waals surface area (Å²) in [5.74, 6) is 0. The van der Waals surface area contributed by atoms with Crippen LogP contribution in [0.15, 0.2) is 0 Å². The van der Waals surface area contributed by atoms with Crippen LogP contribution >= 0.6 is 7.82 Å². The number of phosphoric acid groups is 1. The van der Waals surface area contributed by atoms with Gasteiger partial charge in [-0.3, -0.25) is 4.57 Å². The number of unbranched alkanes of at least 4 members (excludes halogenated alkanes) is 4. The summed E-state index contributed by atoms with van der Waals surface area (Å²) in [5, 5.41) is 0. The summed E-state index contributed by atoms with van der Waals surface area (Å²) in [7, 11) is -4.89. The topological polar surface area (TPSA) is 111 Å². The Kier molecular flexibility index (Phi) is 29.1. The SMILES string of the molecule is CCCC[N+](CCCC)(CCCC)CCCC.O=P([O-])(O)O.[K+].[OH-]. The Labute approximate surface area is 192 Å². The molecule has 0 rings (SSSR count). The van der Waals surface area contributed by atoms with E-state index in [9.17, 15) is 0 Å². The normalized spacial score (nSPS) is 11.0. The van der Waals surface area contributed by atoms with Gasteiger partial charge in [0, 0.05) is 0 Å². The van der Waals surface area contributed by atoms with Crippen LogP contribution in [0, 0.1) is 0 Å². The van der Waals surface area contributed by atoms with Crippen LogP contribution < -0.4 is 56.3 Å². The predicted molar refractivity (Wildman–Crippen MR) is 93.3 cm³/mol. The van der Waals surface area contributed by atoms with Crippen molar-refractivity contribution in [1.82, 2.24) is 0 Å². The third kappa shape index (κ3) is 25.9. The van der Waals surface area contributed by atoms with Crippen molar-refractivity contribution < 1.29 is 80.6 Å². The average Bonchev–Trinajstić information content (AvgIpc) is 2.44. The Hall–Kier alpha value is 1.67. The van der Waals surface area contributed by atoms with E-state index in [0.29, 0.717) is 0 Å². The van der Waals surface area contributed by atoms with E-state index < -0.39 is 7.82 Å². The van der Waals surface area contributed by atoms with Gasteiger partial charge in [-0.25, -0.2) is 0 Å². The molecule has 0 unspecified atom stereocenters. The number of quaternary nitrogens is 1. The standard InChI is InChI=1S/C16H36N.K.H3O4P.H2O/c1-5-9-13-17(14-10-6-2,15-11-7-3)16-12-8-4;;1-5(2,3)4;/h5-16H2,1-4H3;;(H3,1,2,3,4);1H2/q2*+1;;/p-2. The summed E-state index contributed by atoms with van der Waals surface area (Å²) < 4.78 is 10.2. The van der Waals surface area contributed by atoms with E-state index in [1.807, 2.05) is 0 Å². The Bertz CT molecular complexity index is 244. The zero-order valence-electron chi connectivity index (χ0n) is 16.5. The average molecular weight is 396 g/mol. The summed E-state index contributed by atoms with van der Waals surface area (Å²) >= 11 is 0. The summed E-state index contributed by atoms with van der Waals surface area (Å²) in [6, 6.07) is 0. The van der Waals surface area contributed by atoms with Crippen LogP contribution in [0.3, 0.4) is 0 Å². The Balaban J connectivity index is -0.000000250. The second kappa shape index (κ2) is 21.0. The monoisotopic (exact) mass is 395 g/mol. The molecule has 6 nitrogen and oxygen atoms in total. The fourth-order valence-corrected chi connectivity index (χ4v) is 2.64. The van der Waals surface area contributed by atoms with Crippen molar-refractivity contribution in [1.29, 1.82) is 0 Å². The zero-order valence-corrected chi connectivity index (χ0v) is 20.6. The molecule has 0 fully saturated rings. The van der Waals surface area contributed by atoms with Crippen LogP contribution in [-0.4, -0.2) is 45.9 Å². The van der Waals surface area contributed by atoms with Gasteiger partial charge in [-0.1, -0.05) is 53.4 Å². The molecule has 0 aliphatic carbocycles. The van der Waals surface area contributed by atoms with Crippen molar-refractivity contribution >= 4 is 7.82 Å². The molecule has 0 atom stereocenters. The smallest absolute Gasteiger partial charge is 0.870 e. The molecule has 3 N–H and O–H groups in total. The molecule has 0 bridgehead atoms. The Morgan fingerprint density at radius 3 is 1.04 bits per heavy atom. The van der Waals surface area contributed by atoms with Crippen molar-refractivity contribution in [3.63, 3.8) is 0 Å². The van der Waals surface area contributed by atoms with E-state index in [1.165, 1.54) is 82.0 Å². The van der Waals surface area contributed by atoms with Gasteiger partial charge in [0.05, 0.1) is 26.2 Å². The van der Waals surface area contributed by atoms with Crippen molar-refractivity contribution in [3.05, 3.63) is 0 Å². The van der Waals surface area contributed by atoms with E-state index in [-0.39, 0.29) is 56.9 Å². The van der Waals surface area contributed by atoms with Crippen molar-refractivity contribution in [2.45, 2.75) is 79.1 Å². The molecule has 0 aromatic carbocycles. The molecule has 24 heavy (non-hydrogen) atoms. The first-order valence-corrected chi connectivity index (χ1v) is 10.4. The fourth-order valence-electron chi connectivity index (χ4n) is 2.64. The molecule has 0 amide bonds. The van der Waals surface area contributed by atoms with Crippen LogP contribution in [0.1, 0.15) is 79.1 Å². The number of hydrogen-bond donors (Lipinski definition) is 2. The summed E-state index contributed by atoms with van der Waals surface area (Å²) in [5.41, 5.74) is 0. The van der Waals surface area contributed by atoms with E-state index in [1.54, 1.807) is 0 Å². The molecule has 0 saturated carbocycles. The minimum Gasteiger partial charge on any atom is -0.870 e. The van der Waals surface area contributed by atoms with Gasteiger partial charge >= 0.3 is 51.4 Å². The number of rotatable bonds is 12. The summed E-state index contributed by atoms with van der Waals surface area (Å²) in [6.07, 6.45) is 11.1. The van der Waals surface area contributed by atoms with Crippen molar-refractivity contribution in [2.24, 2.45) is 0 Å². The molecule has 0 spiro atoms. The maximum Gasteiger partial charge on any atom is 1.00 e. The molecule has 0 aromatic heterocycles. The van der Waals surface area contributed by atoms with E-state index in [4.69, 9.17) is 19.2 Å². The maximum atomic E-state index is 8.77. The fraction of sp³-hybridized carbons (Fsp3) is 1.00. The Morgan fingerprint density at radius 2 is 0.917 bits per heavy atom. The minimum absolute atomic E-state index is 0. The van der Waals surface area contributed by atoms with E-state index in [2.05, 4.69) is 27.7 Å². The molecule has 0 saturated heterocycles. The van der Waals surface area contributed by atoms with Crippen LogP contribution in [-0.2, 0) is 4.57 Å². The van der Waals surface area contributed by atoms with Crippen molar-refractivity contribution in [2.75, 3.05) is 26.2 Å². The molecular formula is C16H39KNO5P. The molecule has 0 aliphatic heterocycles.